The zero-order valence-electron chi connectivity index (χ0n) is 16.0. The molecule has 5 heteroatoms. The zero-order chi connectivity index (χ0) is 18.1. The molecule has 136 valence electrons. The number of aliphatic imine (C=N–C) groups is 1. The monoisotopic (exact) mass is 341 g/mol. The van der Waals surface area contributed by atoms with E-state index in [-0.39, 0.29) is 0 Å². The van der Waals surface area contributed by atoms with Crippen LogP contribution in [-0.4, -0.2) is 35.9 Å². The average Bonchev–Trinajstić information content (AvgIpc) is 2.95. The number of nitrogens with zero attached hydrogens (tertiary/aromatic N) is 3. The molecule has 0 fully saturated rings. The number of hydrogen-bond donors (Lipinski definition) is 2. The molecule has 0 aliphatic rings. The minimum Gasteiger partial charge on any atom is -0.356 e. The number of benzene rings is 1. The van der Waals surface area contributed by atoms with E-state index in [0.717, 1.165) is 50.6 Å². The van der Waals surface area contributed by atoms with E-state index in [1.54, 1.807) is 0 Å². The summed E-state index contributed by atoms with van der Waals surface area (Å²) in [6.07, 6.45) is 3.10. The topological polar surface area (TPSA) is 54.2 Å². The summed E-state index contributed by atoms with van der Waals surface area (Å²) >= 11 is 0. The SMILES string of the molecule is CCc1ccc(CCNC(=NC)NCCCn2nc(C)cc2C)cc1. The molecule has 0 unspecified atom stereocenters. The fourth-order valence-corrected chi connectivity index (χ4v) is 2.82. The summed E-state index contributed by atoms with van der Waals surface area (Å²) in [6, 6.07) is 11.0. The van der Waals surface area contributed by atoms with Gasteiger partial charge in [-0.1, -0.05) is 31.2 Å². The van der Waals surface area contributed by atoms with Crippen molar-refractivity contribution in [2.24, 2.45) is 4.99 Å². The van der Waals surface area contributed by atoms with E-state index in [4.69, 9.17) is 0 Å². The number of rotatable bonds is 8. The molecule has 1 heterocycles. The van der Waals surface area contributed by atoms with Crippen LogP contribution in [0.5, 0.6) is 0 Å². The van der Waals surface area contributed by atoms with Crippen molar-refractivity contribution < 1.29 is 0 Å². The molecule has 0 bridgehead atoms. The van der Waals surface area contributed by atoms with E-state index in [1.165, 1.54) is 16.8 Å². The Kier molecular flexibility index (Phi) is 7.51. The molecule has 5 nitrogen and oxygen atoms in total. The molecule has 0 saturated heterocycles. The van der Waals surface area contributed by atoms with Crippen molar-refractivity contribution in [1.29, 1.82) is 0 Å². The summed E-state index contributed by atoms with van der Waals surface area (Å²) in [5, 5.41) is 11.2. The van der Waals surface area contributed by atoms with Crippen LogP contribution in [0.25, 0.3) is 0 Å². The van der Waals surface area contributed by atoms with Crippen LogP contribution in [-0.2, 0) is 19.4 Å². The lowest BCUT2D eigenvalue weighted by molar-refractivity contribution is 0.555. The van der Waals surface area contributed by atoms with Crippen LogP contribution in [0.4, 0.5) is 0 Å². The zero-order valence-corrected chi connectivity index (χ0v) is 16.0. The minimum atomic E-state index is 0.860. The lowest BCUT2D eigenvalue weighted by atomic mass is 10.1. The van der Waals surface area contributed by atoms with Crippen LogP contribution in [0.1, 0.15) is 35.9 Å². The number of nitrogens with one attached hydrogen (secondary N) is 2. The second-order valence-electron chi connectivity index (χ2n) is 6.35. The van der Waals surface area contributed by atoms with Gasteiger partial charge >= 0.3 is 0 Å². The van der Waals surface area contributed by atoms with Gasteiger partial charge in [-0.3, -0.25) is 9.67 Å². The number of guanidine groups is 1. The largest absolute Gasteiger partial charge is 0.356 e. The molecule has 2 aromatic rings. The Morgan fingerprint density at radius 3 is 2.36 bits per heavy atom. The fraction of sp³-hybridized carbons (Fsp3) is 0.500. The molecule has 0 saturated carbocycles. The van der Waals surface area contributed by atoms with Crippen molar-refractivity contribution in [1.82, 2.24) is 20.4 Å². The van der Waals surface area contributed by atoms with Crippen molar-refractivity contribution in [2.45, 2.75) is 46.6 Å². The Bertz CT molecular complexity index is 670. The van der Waals surface area contributed by atoms with Gasteiger partial charge in [0.05, 0.1) is 5.69 Å². The van der Waals surface area contributed by atoms with E-state index < -0.39 is 0 Å². The highest BCUT2D eigenvalue weighted by Crippen LogP contribution is 2.05. The summed E-state index contributed by atoms with van der Waals surface area (Å²) in [5.41, 5.74) is 5.03. The van der Waals surface area contributed by atoms with Gasteiger partial charge in [0.15, 0.2) is 5.96 Å². The van der Waals surface area contributed by atoms with E-state index in [1.807, 2.05) is 14.0 Å². The second-order valence-corrected chi connectivity index (χ2v) is 6.35. The first kappa shape index (κ1) is 19.0. The second kappa shape index (κ2) is 9.87. The van der Waals surface area contributed by atoms with Crippen molar-refractivity contribution in [2.75, 3.05) is 20.1 Å². The summed E-state index contributed by atoms with van der Waals surface area (Å²) in [6.45, 7) is 8.99. The highest BCUT2D eigenvalue weighted by atomic mass is 15.3. The Morgan fingerprint density at radius 1 is 1.08 bits per heavy atom. The molecule has 0 aliphatic carbocycles. The van der Waals surface area contributed by atoms with Gasteiger partial charge in [0.1, 0.15) is 0 Å². The minimum absolute atomic E-state index is 0.860. The van der Waals surface area contributed by atoms with E-state index in [9.17, 15) is 0 Å². The van der Waals surface area contributed by atoms with Crippen LogP contribution >= 0.6 is 0 Å². The normalized spacial score (nSPS) is 11.6. The number of hydrogen-bond acceptors (Lipinski definition) is 2. The molecule has 0 spiro atoms. The third-order valence-electron chi connectivity index (χ3n) is 4.30. The van der Waals surface area contributed by atoms with Gasteiger partial charge in [-0.25, -0.2) is 0 Å². The molecule has 0 amide bonds. The van der Waals surface area contributed by atoms with Crippen LogP contribution in [0, 0.1) is 13.8 Å². The van der Waals surface area contributed by atoms with Gasteiger partial charge in [-0.2, -0.15) is 5.10 Å². The van der Waals surface area contributed by atoms with Crippen LogP contribution < -0.4 is 10.6 Å². The standard InChI is InChI=1S/C20H31N5/c1-5-18-7-9-19(10-8-18)11-13-23-20(21-4)22-12-6-14-25-17(3)15-16(2)24-25/h7-10,15H,5-6,11-14H2,1-4H3,(H2,21,22,23). The summed E-state index contributed by atoms with van der Waals surface area (Å²) < 4.78 is 2.06. The lowest BCUT2D eigenvalue weighted by Gasteiger charge is -2.12. The quantitative estimate of drug-likeness (QED) is 0.441. The van der Waals surface area contributed by atoms with Gasteiger partial charge in [0.25, 0.3) is 0 Å². The van der Waals surface area contributed by atoms with Gasteiger partial charge in [0.2, 0.25) is 0 Å². The molecule has 0 aliphatic heterocycles. The first-order valence-corrected chi connectivity index (χ1v) is 9.15. The third-order valence-corrected chi connectivity index (χ3v) is 4.30. The summed E-state index contributed by atoms with van der Waals surface area (Å²) in [7, 11) is 1.81. The first-order valence-electron chi connectivity index (χ1n) is 9.15. The fourth-order valence-electron chi connectivity index (χ4n) is 2.82. The molecular weight excluding hydrogens is 310 g/mol. The first-order chi connectivity index (χ1) is 12.1. The van der Waals surface area contributed by atoms with Crippen LogP contribution in [0.3, 0.4) is 0 Å². The van der Waals surface area contributed by atoms with Gasteiger partial charge in [0, 0.05) is 32.4 Å². The van der Waals surface area contributed by atoms with Gasteiger partial charge in [-0.15, -0.1) is 0 Å². The van der Waals surface area contributed by atoms with Crippen molar-refractivity contribution >= 4 is 5.96 Å². The maximum atomic E-state index is 4.49. The molecular formula is C20H31N5. The highest BCUT2D eigenvalue weighted by Gasteiger charge is 2.01. The average molecular weight is 342 g/mol. The van der Waals surface area contributed by atoms with Crippen molar-refractivity contribution in [3.63, 3.8) is 0 Å². The third kappa shape index (κ3) is 6.25. The van der Waals surface area contributed by atoms with Gasteiger partial charge in [-0.05, 0) is 50.3 Å². The van der Waals surface area contributed by atoms with Crippen LogP contribution in [0.2, 0.25) is 0 Å². The molecule has 2 N–H and O–H groups in total. The number of aryl methyl sites for hydroxylation is 4. The smallest absolute Gasteiger partial charge is 0.190 e. The van der Waals surface area contributed by atoms with Crippen LogP contribution in [0.15, 0.2) is 35.3 Å². The predicted octanol–water partition coefficient (Wildman–Crippen LogP) is 2.86. The van der Waals surface area contributed by atoms with Crippen molar-refractivity contribution in [3.8, 4) is 0 Å². The molecule has 1 aromatic carbocycles. The maximum Gasteiger partial charge on any atom is 0.190 e. The number of aromatic nitrogens is 2. The summed E-state index contributed by atoms with van der Waals surface area (Å²) in [5.74, 6) is 0.860. The van der Waals surface area contributed by atoms with Gasteiger partial charge < -0.3 is 10.6 Å². The Balaban J connectivity index is 1.65. The molecule has 25 heavy (non-hydrogen) atoms. The highest BCUT2D eigenvalue weighted by molar-refractivity contribution is 5.79. The van der Waals surface area contributed by atoms with Crippen molar-refractivity contribution in [3.05, 3.63) is 52.8 Å². The lowest BCUT2D eigenvalue weighted by Crippen LogP contribution is -2.39. The molecule has 0 atom stereocenters. The Labute approximate surface area is 151 Å². The molecule has 2 rings (SSSR count). The Hall–Kier alpha value is -2.30. The Morgan fingerprint density at radius 2 is 1.76 bits per heavy atom. The van der Waals surface area contributed by atoms with E-state index in [0.29, 0.717) is 0 Å². The molecule has 1 aromatic heterocycles. The summed E-state index contributed by atoms with van der Waals surface area (Å²) in [4.78, 5) is 4.28. The predicted molar refractivity (Wildman–Crippen MR) is 105 cm³/mol. The van der Waals surface area contributed by atoms with E-state index >= 15 is 0 Å². The maximum absolute atomic E-state index is 4.49. The van der Waals surface area contributed by atoms with E-state index in [2.05, 4.69) is 69.6 Å². The molecule has 0 radical (unpaired) electrons.